The highest BCUT2D eigenvalue weighted by Crippen LogP contribution is 2.31. The third-order valence-electron chi connectivity index (χ3n) is 4.63. The molecule has 0 amide bonds. The number of hydrogen-bond donors (Lipinski definition) is 1. The molecule has 2 aromatic heterocycles. The normalized spacial score (nSPS) is 12.3. The Morgan fingerprint density at radius 3 is 2.60 bits per heavy atom. The van der Waals surface area contributed by atoms with Crippen molar-refractivity contribution in [3.05, 3.63) is 48.7 Å². The zero-order chi connectivity index (χ0) is 17.6. The molecule has 0 aliphatic carbocycles. The molecule has 3 rings (SSSR count). The van der Waals surface area contributed by atoms with Gasteiger partial charge in [-0.25, -0.2) is 4.98 Å². The number of fused-ring (bicyclic) bond motifs is 1. The van der Waals surface area contributed by atoms with E-state index >= 15 is 0 Å². The molecule has 1 aromatic carbocycles. The third kappa shape index (κ3) is 3.78. The van der Waals surface area contributed by atoms with Crippen LogP contribution in [0.3, 0.4) is 0 Å². The Bertz CT molecular complexity index is 808. The fourth-order valence-electron chi connectivity index (χ4n) is 3.11. The average Bonchev–Trinajstić information content (AvgIpc) is 3.03. The highest BCUT2D eigenvalue weighted by molar-refractivity contribution is 5.77. The fourth-order valence-corrected chi connectivity index (χ4v) is 3.11. The molecule has 0 aliphatic rings. The van der Waals surface area contributed by atoms with Crippen molar-refractivity contribution < 1.29 is 4.74 Å². The average molecular weight is 337 g/mol. The molecule has 25 heavy (non-hydrogen) atoms. The molecule has 1 atom stereocenters. The lowest BCUT2D eigenvalue weighted by molar-refractivity contribution is 0.415. The smallest absolute Gasteiger partial charge is 0.139 e. The second kappa shape index (κ2) is 8.06. The number of anilines is 1. The highest BCUT2D eigenvalue weighted by atomic mass is 16.5. The summed E-state index contributed by atoms with van der Waals surface area (Å²) in [7, 11) is 1.69. The van der Waals surface area contributed by atoms with Gasteiger partial charge in [0.2, 0.25) is 0 Å². The summed E-state index contributed by atoms with van der Waals surface area (Å²) >= 11 is 0. The van der Waals surface area contributed by atoms with Gasteiger partial charge in [0, 0.05) is 17.8 Å². The Kier molecular flexibility index (Phi) is 5.59. The van der Waals surface area contributed by atoms with Crippen molar-refractivity contribution in [2.24, 2.45) is 0 Å². The summed E-state index contributed by atoms with van der Waals surface area (Å²) in [6.07, 6.45) is 6.80. The van der Waals surface area contributed by atoms with E-state index in [1.54, 1.807) is 7.11 Å². The Hall–Kier alpha value is -2.49. The Morgan fingerprint density at radius 1 is 1.12 bits per heavy atom. The molecular weight excluding hydrogens is 310 g/mol. The number of rotatable bonds is 8. The van der Waals surface area contributed by atoms with Crippen LogP contribution in [0.2, 0.25) is 0 Å². The van der Waals surface area contributed by atoms with Gasteiger partial charge in [0.1, 0.15) is 22.9 Å². The van der Waals surface area contributed by atoms with Crippen LogP contribution in [0, 0.1) is 0 Å². The molecule has 1 N–H and O–H groups in total. The van der Waals surface area contributed by atoms with Crippen molar-refractivity contribution in [2.75, 3.05) is 12.4 Å². The molecule has 0 saturated heterocycles. The highest BCUT2D eigenvalue weighted by Gasteiger charge is 2.16. The molecule has 0 aliphatic heterocycles. The first-order valence-corrected chi connectivity index (χ1v) is 9.14. The van der Waals surface area contributed by atoms with E-state index < -0.39 is 0 Å². The van der Waals surface area contributed by atoms with Crippen LogP contribution in [-0.2, 0) is 0 Å². The molecule has 4 heteroatoms. The molecular formula is C21H27N3O. The van der Waals surface area contributed by atoms with Crippen LogP contribution in [-0.4, -0.2) is 22.5 Å². The van der Waals surface area contributed by atoms with Gasteiger partial charge in [0.05, 0.1) is 7.11 Å². The van der Waals surface area contributed by atoms with E-state index in [9.17, 15) is 0 Å². The zero-order valence-electron chi connectivity index (χ0n) is 15.3. The maximum atomic E-state index is 5.28. The second-order valence-corrected chi connectivity index (χ2v) is 6.36. The van der Waals surface area contributed by atoms with Crippen molar-refractivity contribution in [3.8, 4) is 17.0 Å². The summed E-state index contributed by atoms with van der Waals surface area (Å²) in [6.45, 7) is 4.48. The van der Waals surface area contributed by atoms with Crippen LogP contribution >= 0.6 is 0 Å². The number of ether oxygens (including phenoxy) is 1. The van der Waals surface area contributed by atoms with Gasteiger partial charge in [-0.2, -0.15) is 0 Å². The first-order valence-electron chi connectivity index (χ1n) is 9.14. The number of hydrogen-bond acceptors (Lipinski definition) is 3. The molecule has 4 nitrogen and oxygen atoms in total. The largest absolute Gasteiger partial charge is 0.497 e. The number of unbranched alkanes of at least 4 members (excludes halogenated alkanes) is 1. The van der Waals surface area contributed by atoms with Gasteiger partial charge in [0.15, 0.2) is 0 Å². The molecule has 1 unspecified atom stereocenters. The molecule has 2 heterocycles. The Morgan fingerprint density at radius 2 is 1.92 bits per heavy atom. The molecule has 3 aromatic rings. The molecule has 0 fully saturated rings. The predicted molar refractivity (Wildman–Crippen MR) is 104 cm³/mol. The number of aromatic nitrogens is 2. The fraction of sp³-hybridized carbons (Fsp3) is 0.381. The molecule has 0 saturated carbocycles. The topological polar surface area (TPSA) is 38.6 Å². The lowest BCUT2D eigenvalue weighted by Gasteiger charge is -2.19. The number of pyridine rings is 1. The van der Waals surface area contributed by atoms with Crippen molar-refractivity contribution in [3.63, 3.8) is 0 Å². The number of nitrogens with one attached hydrogen (secondary N) is 1. The van der Waals surface area contributed by atoms with E-state index in [2.05, 4.69) is 41.9 Å². The van der Waals surface area contributed by atoms with Gasteiger partial charge >= 0.3 is 0 Å². The van der Waals surface area contributed by atoms with Crippen molar-refractivity contribution >= 4 is 11.5 Å². The summed E-state index contributed by atoms with van der Waals surface area (Å²) in [5.41, 5.74) is 3.04. The van der Waals surface area contributed by atoms with Crippen LogP contribution in [0.1, 0.15) is 39.5 Å². The maximum absolute atomic E-state index is 5.28. The van der Waals surface area contributed by atoms with E-state index in [-0.39, 0.29) is 0 Å². The summed E-state index contributed by atoms with van der Waals surface area (Å²) in [6, 6.07) is 14.7. The quantitative estimate of drug-likeness (QED) is 0.599. The van der Waals surface area contributed by atoms with Gasteiger partial charge in [-0.05, 0) is 49.2 Å². The predicted octanol–water partition coefficient (Wildman–Crippen LogP) is 5.39. The monoisotopic (exact) mass is 337 g/mol. The van der Waals surface area contributed by atoms with Gasteiger partial charge < -0.3 is 10.1 Å². The first kappa shape index (κ1) is 17.3. The third-order valence-corrected chi connectivity index (χ3v) is 4.63. The summed E-state index contributed by atoms with van der Waals surface area (Å²) in [5.74, 6) is 1.93. The van der Waals surface area contributed by atoms with Crippen LogP contribution in [0.25, 0.3) is 16.9 Å². The summed E-state index contributed by atoms with van der Waals surface area (Å²) in [4.78, 5) is 4.87. The van der Waals surface area contributed by atoms with Gasteiger partial charge in [0.25, 0.3) is 0 Å². The minimum Gasteiger partial charge on any atom is -0.497 e. The van der Waals surface area contributed by atoms with Crippen LogP contribution in [0.15, 0.2) is 48.7 Å². The van der Waals surface area contributed by atoms with E-state index in [4.69, 9.17) is 9.72 Å². The van der Waals surface area contributed by atoms with E-state index in [1.807, 2.05) is 30.3 Å². The van der Waals surface area contributed by atoms with Crippen LogP contribution in [0.4, 0.5) is 5.82 Å². The molecule has 0 spiro atoms. The number of imidazole rings is 1. The Labute approximate surface area is 149 Å². The Balaban J connectivity index is 2.01. The van der Waals surface area contributed by atoms with Gasteiger partial charge in [-0.3, -0.25) is 4.40 Å². The van der Waals surface area contributed by atoms with Gasteiger partial charge in [-0.15, -0.1) is 0 Å². The van der Waals surface area contributed by atoms with E-state index in [1.165, 1.54) is 19.3 Å². The number of benzene rings is 1. The van der Waals surface area contributed by atoms with Crippen molar-refractivity contribution in [1.29, 1.82) is 0 Å². The van der Waals surface area contributed by atoms with Crippen LogP contribution in [0.5, 0.6) is 5.75 Å². The molecule has 0 bridgehead atoms. The lowest BCUT2D eigenvalue weighted by atomic mass is 10.1. The van der Waals surface area contributed by atoms with E-state index in [0.29, 0.717) is 6.04 Å². The SMILES string of the molecule is CCCCC(CC)Nc1c(-c2ccc(OC)cc2)nc2ccccn12. The first-order chi connectivity index (χ1) is 12.3. The van der Waals surface area contributed by atoms with Crippen molar-refractivity contribution in [2.45, 2.75) is 45.6 Å². The maximum Gasteiger partial charge on any atom is 0.139 e. The minimum absolute atomic E-state index is 0.456. The lowest BCUT2D eigenvalue weighted by Crippen LogP contribution is -2.19. The molecule has 0 radical (unpaired) electrons. The summed E-state index contributed by atoms with van der Waals surface area (Å²) < 4.78 is 7.43. The van der Waals surface area contributed by atoms with E-state index in [0.717, 1.165) is 34.9 Å². The van der Waals surface area contributed by atoms with Gasteiger partial charge in [-0.1, -0.05) is 32.8 Å². The van der Waals surface area contributed by atoms with Crippen LogP contribution < -0.4 is 10.1 Å². The standard InChI is InChI=1S/C21H27N3O/c1-4-6-9-17(5-2)22-21-20(16-11-13-18(25-3)14-12-16)23-19-10-7-8-15-24(19)21/h7-8,10-15,17,22H,4-6,9H2,1-3H3. The minimum atomic E-state index is 0.456. The van der Waals surface area contributed by atoms with Crippen molar-refractivity contribution in [1.82, 2.24) is 9.38 Å². The number of methoxy groups -OCH3 is 1. The summed E-state index contributed by atoms with van der Waals surface area (Å²) in [5, 5.41) is 3.75. The second-order valence-electron chi connectivity index (χ2n) is 6.36. The zero-order valence-corrected chi connectivity index (χ0v) is 15.3. The molecule has 132 valence electrons. The number of nitrogens with zero attached hydrogens (tertiary/aromatic N) is 2.